The number of carbonyl (C=O) groups is 2. The summed E-state index contributed by atoms with van der Waals surface area (Å²) in [4.78, 5) is 28.9. The first-order valence-corrected chi connectivity index (χ1v) is 10.7. The van der Waals surface area contributed by atoms with Crippen LogP contribution in [0.4, 0.5) is 0 Å². The molecule has 0 saturated carbocycles. The van der Waals surface area contributed by atoms with Crippen molar-refractivity contribution in [2.75, 3.05) is 48.5 Å². The Morgan fingerprint density at radius 1 is 1.00 bits per heavy atom. The predicted octanol–water partition coefficient (Wildman–Crippen LogP) is 1.59. The molecule has 1 saturated heterocycles. The number of amides is 1. The summed E-state index contributed by atoms with van der Waals surface area (Å²) in [6, 6.07) is 9.65. The van der Waals surface area contributed by atoms with E-state index in [1.807, 2.05) is 21.0 Å². The Morgan fingerprint density at radius 2 is 1.70 bits per heavy atom. The molecule has 0 radical (unpaired) electrons. The zero-order valence-corrected chi connectivity index (χ0v) is 19.9. The molecule has 1 aliphatic rings. The van der Waals surface area contributed by atoms with Crippen LogP contribution in [0.1, 0.15) is 22.7 Å². The lowest BCUT2D eigenvalue weighted by Gasteiger charge is -2.26. The molecule has 176 valence electrons. The number of hydrogen-bond acceptors (Lipinski definition) is 6. The van der Waals surface area contributed by atoms with Gasteiger partial charge in [0.25, 0.3) is 11.7 Å². The number of methoxy groups -OCH3 is 3. The number of quaternary nitrogens is 1. The Balaban J connectivity index is 2.21. The van der Waals surface area contributed by atoms with Gasteiger partial charge in [0.15, 0.2) is 11.5 Å². The van der Waals surface area contributed by atoms with E-state index in [-0.39, 0.29) is 11.3 Å². The molecular weight excluding hydrogens is 424 g/mol. The zero-order valence-electron chi connectivity index (χ0n) is 19.9. The fourth-order valence-electron chi connectivity index (χ4n) is 4.00. The number of rotatable bonds is 8. The fourth-order valence-corrected chi connectivity index (χ4v) is 4.00. The number of hydrogen-bond donors (Lipinski definition) is 2. The zero-order chi connectivity index (χ0) is 24.3. The first kappa shape index (κ1) is 24.1. The Kier molecular flexibility index (Phi) is 7.28. The van der Waals surface area contributed by atoms with Crippen molar-refractivity contribution in [2.45, 2.75) is 13.0 Å². The third-order valence-corrected chi connectivity index (χ3v) is 5.80. The molecule has 0 aliphatic carbocycles. The molecule has 0 bridgehead atoms. The highest BCUT2D eigenvalue weighted by Crippen LogP contribution is 2.42. The molecule has 2 aromatic rings. The monoisotopic (exact) mass is 455 g/mol. The van der Waals surface area contributed by atoms with E-state index in [4.69, 9.17) is 14.2 Å². The molecule has 1 amide bonds. The van der Waals surface area contributed by atoms with Crippen LogP contribution < -0.4 is 19.1 Å². The highest BCUT2D eigenvalue weighted by molar-refractivity contribution is 6.46. The number of likely N-dealkylation sites (N-methyl/N-ethyl adjacent to an activating group) is 1. The maximum absolute atomic E-state index is 13.2. The number of carbonyl (C=O) groups excluding carboxylic acids is 2. The Hall–Kier alpha value is -3.52. The highest BCUT2D eigenvalue weighted by atomic mass is 16.5. The van der Waals surface area contributed by atoms with Crippen molar-refractivity contribution in [3.8, 4) is 17.2 Å². The van der Waals surface area contributed by atoms with Gasteiger partial charge in [-0.25, -0.2) is 0 Å². The highest BCUT2D eigenvalue weighted by Gasteiger charge is 2.46. The van der Waals surface area contributed by atoms with E-state index in [1.165, 1.54) is 19.1 Å². The van der Waals surface area contributed by atoms with E-state index in [9.17, 15) is 14.7 Å². The third kappa shape index (κ3) is 4.66. The van der Waals surface area contributed by atoms with Crippen LogP contribution in [0.3, 0.4) is 0 Å². The van der Waals surface area contributed by atoms with E-state index in [0.29, 0.717) is 41.5 Å². The summed E-state index contributed by atoms with van der Waals surface area (Å²) < 4.78 is 16.0. The fraction of sp³-hybridized carbons (Fsp3) is 0.360. The lowest BCUT2D eigenvalue weighted by Crippen LogP contribution is -3.06. The Labute approximate surface area is 194 Å². The van der Waals surface area contributed by atoms with Gasteiger partial charge in [0.1, 0.15) is 11.5 Å². The van der Waals surface area contributed by atoms with E-state index in [0.717, 1.165) is 10.5 Å². The molecule has 33 heavy (non-hydrogen) atoms. The Morgan fingerprint density at radius 3 is 2.27 bits per heavy atom. The predicted molar refractivity (Wildman–Crippen MR) is 124 cm³/mol. The van der Waals surface area contributed by atoms with Gasteiger partial charge >= 0.3 is 0 Å². The van der Waals surface area contributed by atoms with Gasteiger partial charge in [-0.1, -0.05) is 6.07 Å². The molecule has 1 atom stereocenters. The minimum atomic E-state index is -0.759. The summed E-state index contributed by atoms with van der Waals surface area (Å²) in [5.41, 5.74) is 1.89. The second kappa shape index (κ2) is 9.95. The molecule has 1 unspecified atom stereocenters. The van der Waals surface area contributed by atoms with Crippen molar-refractivity contribution in [2.24, 2.45) is 0 Å². The molecule has 1 aliphatic heterocycles. The average molecular weight is 456 g/mol. The second-order valence-electron chi connectivity index (χ2n) is 8.24. The number of nitrogens with zero attached hydrogens (tertiary/aromatic N) is 1. The number of likely N-dealkylation sites (tertiary alicyclic amines) is 1. The second-order valence-corrected chi connectivity index (χ2v) is 8.24. The molecule has 1 fully saturated rings. The van der Waals surface area contributed by atoms with Crippen LogP contribution in [-0.2, 0) is 9.59 Å². The van der Waals surface area contributed by atoms with Crippen molar-refractivity contribution in [3.05, 3.63) is 58.7 Å². The lowest BCUT2D eigenvalue weighted by molar-refractivity contribution is -0.857. The van der Waals surface area contributed by atoms with Gasteiger partial charge < -0.3 is 29.1 Å². The van der Waals surface area contributed by atoms with E-state index < -0.39 is 17.7 Å². The third-order valence-electron chi connectivity index (χ3n) is 5.80. The van der Waals surface area contributed by atoms with Crippen molar-refractivity contribution >= 4 is 17.4 Å². The number of benzene rings is 2. The van der Waals surface area contributed by atoms with Gasteiger partial charge in [-0.3, -0.25) is 9.59 Å². The molecule has 3 rings (SSSR count). The summed E-state index contributed by atoms with van der Waals surface area (Å²) >= 11 is 0. The molecule has 2 aromatic carbocycles. The van der Waals surface area contributed by atoms with Gasteiger partial charge in [-0.2, -0.15) is 0 Å². The standard InChI is InChI=1S/C25H30N2O6/c1-15-13-17(31-4)8-9-18(15)23(28)21-22(16-7-10-19(32-5)20(14-16)33-6)27(12-11-26(2)3)25(30)24(21)29/h7-10,13-14,22,28H,11-12H2,1-6H3/p+1. The first-order chi connectivity index (χ1) is 15.7. The SMILES string of the molecule is COc1ccc(C(O)=C2C(=O)C(=O)N(CC[NH+](C)C)C2c2ccc(OC)c(OC)c2)c(C)c1. The van der Waals surface area contributed by atoms with Gasteiger partial charge in [0.05, 0.1) is 60.1 Å². The van der Waals surface area contributed by atoms with E-state index >= 15 is 0 Å². The molecule has 0 spiro atoms. The topological polar surface area (TPSA) is 89.7 Å². The summed E-state index contributed by atoms with van der Waals surface area (Å²) in [5.74, 6) is 0.0734. The molecule has 2 N–H and O–H groups in total. The number of aliphatic hydroxyl groups excluding tert-OH is 1. The first-order valence-electron chi connectivity index (χ1n) is 10.7. The van der Waals surface area contributed by atoms with Crippen LogP contribution in [0, 0.1) is 6.92 Å². The number of aliphatic hydroxyl groups is 1. The smallest absolute Gasteiger partial charge is 0.295 e. The number of ether oxygens (including phenoxy) is 3. The number of Topliss-reactive ketones (excluding diaryl/α,β-unsaturated/α-hetero) is 1. The van der Waals surface area contributed by atoms with Crippen molar-refractivity contribution < 1.29 is 33.8 Å². The number of nitrogens with one attached hydrogen (secondary N) is 1. The van der Waals surface area contributed by atoms with Gasteiger partial charge in [0, 0.05) is 5.56 Å². The van der Waals surface area contributed by atoms with E-state index in [1.54, 1.807) is 43.5 Å². The number of ketones is 1. The Bertz CT molecular complexity index is 1090. The lowest BCUT2D eigenvalue weighted by atomic mass is 9.93. The summed E-state index contributed by atoms with van der Waals surface area (Å²) in [6.07, 6.45) is 0. The summed E-state index contributed by atoms with van der Waals surface area (Å²) in [7, 11) is 8.57. The van der Waals surface area contributed by atoms with Gasteiger partial charge in [0.2, 0.25) is 0 Å². The molecule has 8 heteroatoms. The van der Waals surface area contributed by atoms with E-state index in [2.05, 4.69) is 0 Å². The van der Waals surface area contributed by atoms with Crippen molar-refractivity contribution in [1.82, 2.24) is 4.90 Å². The minimum absolute atomic E-state index is 0.0502. The van der Waals surface area contributed by atoms with Crippen LogP contribution >= 0.6 is 0 Å². The van der Waals surface area contributed by atoms with Crippen LogP contribution in [0.5, 0.6) is 17.2 Å². The van der Waals surface area contributed by atoms with Crippen LogP contribution in [0.15, 0.2) is 42.0 Å². The molecule has 0 aromatic heterocycles. The van der Waals surface area contributed by atoms with Crippen molar-refractivity contribution in [1.29, 1.82) is 0 Å². The minimum Gasteiger partial charge on any atom is -0.507 e. The average Bonchev–Trinajstić information content (AvgIpc) is 3.06. The maximum atomic E-state index is 13.2. The largest absolute Gasteiger partial charge is 0.507 e. The number of aryl methyl sites for hydroxylation is 1. The normalized spacial score (nSPS) is 17.5. The quantitative estimate of drug-likeness (QED) is 0.357. The summed E-state index contributed by atoms with van der Waals surface area (Å²) in [6.45, 7) is 2.80. The van der Waals surface area contributed by atoms with Crippen LogP contribution in [0.25, 0.3) is 5.76 Å². The maximum Gasteiger partial charge on any atom is 0.295 e. The molecular formula is C25H31N2O6+. The van der Waals surface area contributed by atoms with Crippen LogP contribution in [-0.4, -0.2) is 70.2 Å². The van der Waals surface area contributed by atoms with Gasteiger partial charge in [-0.05, 0) is 48.4 Å². The molecule has 1 heterocycles. The summed E-state index contributed by atoms with van der Waals surface area (Å²) in [5, 5.41) is 11.3. The van der Waals surface area contributed by atoms with Crippen molar-refractivity contribution in [3.63, 3.8) is 0 Å². The van der Waals surface area contributed by atoms with Gasteiger partial charge in [-0.15, -0.1) is 0 Å². The molecule has 8 nitrogen and oxygen atoms in total. The van der Waals surface area contributed by atoms with Crippen LogP contribution in [0.2, 0.25) is 0 Å².